The van der Waals surface area contributed by atoms with Gasteiger partial charge in [-0.05, 0) is 24.0 Å². The summed E-state index contributed by atoms with van der Waals surface area (Å²) in [4.78, 5) is 0. The summed E-state index contributed by atoms with van der Waals surface area (Å²) in [6.45, 7) is 0.705. The van der Waals surface area contributed by atoms with E-state index in [2.05, 4.69) is 20.5 Å². The van der Waals surface area contributed by atoms with Gasteiger partial charge in [-0.3, -0.25) is 0 Å². The van der Waals surface area contributed by atoms with Gasteiger partial charge in [-0.2, -0.15) is 26.3 Å². The number of ether oxygens (including phenoxy) is 1. The summed E-state index contributed by atoms with van der Waals surface area (Å²) in [5.74, 6) is 0. The van der Waals surface area contributed by atoms with Gasteiger partial charge in [0, 0.05) is 11.1 Å². The predicted octanol–water partition coefficient (Wildman–Crippen LogP) is 5.85. The van der Waals surface area contributed by atoms with E-state index in [-0.39, 0.29) is 11.1 Å². The summed E-state index contributed by atoms with van der Waals surface area (Å²) in [5.41, 5.74) is -3.27. The van der Waals surface area contributed by atoms with Crippen LogP contribution in [-0.2, 0) is 28.9 Å². The summed E-state index contributed by atoms with van der Waals surface area (Å²) in [6.07, 6.45) is -8.09. The molecule has 0 fully saturated rings. The molecular formula is C20H16F6N4O. The summed E-state index contributed by atoms with van der Waals surface area (Å²) >= 11 is 0. The molecule has 0 unspecified atom stereocenters. The van der Waals surface area contributed by atoms with Crippen LogP contribution < -0.4 is 0 Å². The third-order valence-electron chi connectivity index (χ3n) is 5.17. The van der Waals surface area contributed by atoms with Crippen molar-refractivity contribution < 1.29 is 31.1 Å². The predicted molar refractivity (Wildman–Crippen MR) is 96.3 cm³/mol. The molecule has 11 heteroatoms. The molecule has 2 heterocycles. The van der Waals surface area contributed by atoms with Crippen molar-refractivity contribution in [2.45, 2.75) is 36.5 Å². The van der Waals surface area contributed by atoms with Crippen LogP contribution in [0.15, 0.2) is 69.0 Å². The maximum Gasteiger partial charge on any atom is 0.442 e. The van der Waals surface area contributed by atoms with Crippen molar-refractivity contribution >= 4 is 0 Å². The van der Waals surface area contributed by atoms with Crippen LogP contribution in [0.4, 0.5) is 26.3 Å². The average molecular weight is 442 g/mol. The zero-order chi connectivity index (χ0) is 22.3. The molecule has 164 valence electrons. The van der Waals surface area contributed by atoms with Gasteiger partial charge in [0.1, 0.15) is 0 Å². The lowest BCUT2D eigenvalue weighted by Crippen LogP contribution is -2.30. The van der Waals surface area contributed by atoms with Crippen LogP contribution in [0.2, 0.25) is 0 Å². The van der Waals surface area contributed by atoms with Crippen molar-refractivity contribution in [2.75, 3.05) is 13.2 Å². The fourth-order valence-electron chi connectivity index (χ4n) is 3.17. The van der Waals surface area contributed by atoms with Crippen LogP contribution >= 0.6 is 0 Å². The lowest BCUT2D eigenvalue weighted by molar-refractivity contribution is -0.166. The van der Waals surface area contributed by atoms with E-state index in [9.17, 15) is 26.3 Å². The van der Waals surface area contributed by atoms with E-state index >= 15 is 0 Å². The Morgan fingerprint density at radius 2 is 0.903 bits per heavy atom. The van der Waals surface area contributed by atoms with Crippen LogP contribution in [-0.4, -0.2) is 25.6 Å². The molecule has 0 bridgehead atoms. The van der Waals surface area contributed by atoms with Gasteiger partial charge in [0.05, 0.1) is 13.2 Å². The number of hydrogen-bond acceptors (Lipinski definition) is 5. The Kier molecular flexibility index (Phi) is 5.11. The lowest BCUT2D eigenvalue weighted by Gasteiger charge is -2.15. The molecule has 2 aliphatic heterocycles. The van der Waals surface area contributed by atoms with Gasteiger partial charge in [0.25, 0.3) is 0 Å². The first-order chi connectivity index (χ1) is 14.6. The maximum absolute atomic E-state index is 13.0. The van der Waals surface area contributed by atoms with Gasteiger partial charge in [-0.15, -0.1) is 20.5 Å². The highest BCUT2D eigenvalue weighted by Crippen LogP contribution is 2.53. The first kappa shape index (κ1) is 21.4. The number of alkyl halides is 6. The molecule has 0 radical (unpaired) electrons. The number of benzene rings is 2. The molecule has 2 aromatic rings. The molecule has 0 N–H and O–H groups in total. The molecule has 0 saturated heterocycles. The summed E-state index contributed by atoms with van der Waals surface area (Å²) in [7, 11) is 0. The Labute approximate surface area is 172 Å². The molecule has 5 nitrogen and oxygen atoms in total. The first-order valence-corrected chi connectivity index (χ1v) is 9.36. The number of rotatable bonds is 8. The smallest absolute Gasteiger partial charge is 0.381 e. The highest BCUT2D eigenvalue weighted by atomic mass is 19.4. The standard InChI is InChI=1S/C20H16F6N4O/c21-19(22,23)17(27-28-17)15-5-1-13(2-6-15)9-11-31-12-10-14-3-7-16(8-4-14)18(29-30-18)20(24,25)26/h1-8H,9-12H2. The number of nitrogens with zero attached hydrogens (tertiary/aromatic N) is 4. The Morgan fingerprint density at radius 3 is 1.16 bits per heavy atom. The SMILES string of the molecule is FC(F)(F)C1(c2ccc(CCOCCc3ccc(C4(C(F)(F)F)N=N4)cc3)cc2)N=N1. The topological polar surface area (TPSA) is 58.7 Å². The van der Waals surface area contributed by atoms with Crippen molar-refractivity contribution in [3.8, 4) is 0 Å². The molecule has 0 amide bonds. The summed E-state index contributed by atoms with van der Waals surface area (Å²) in [5, 5.41) is 12.7. The fraction of sp³-hybridized carbons (Fsp3) is 0.400. The van der Waals surface area contributed by atoms with Crippen LogP contribution in [0.1, 0.15) is 22.3 Å². The third-order valence-corrected chi connectivity index (χ3v) is 5.17. The quantitative estimate of drug-likeness (QED) is 0.374. The summed E-state index contributed by atoms with van der Waals surface area (Å²) < 4.78 is 83.4. The molecule has 0 saturated carbocycles. The van der Waals surface area contributed by atoms with E-state index in [1.165, 1.54) is 24.3 Å². The normalized spacial score (nSPS) is 18.3. The van der Waals surface area contributed by atoms with Crippen LogP contribution in [0, 0.1) is 0 Å². The third kappa shape index (κ3) is 4.06. The number of halogens is 6. The van der Waals surface area contributed by atoms with Crippen molar-refractivity contribution in [1.82, 2.24) is 0 Å². The second-order valence-electron chi connectivity index (χ2n) is 7.25. The molecule has 2 aliphatic rings. The molecule has 0 aromatic heterocycles. The van der Waals surface area contributed by atoms with Gasteiger partial charge >= 0.3 is 23.7 Å². The Hall–Kier alpha value is -2.82. The van der Waals surface area contributed by atoms with Crippen LogP contribution in [0.3, 0.4) is 0 Å². The van der Waals surface area contributed by atoms with Crippen LogP contribution in [0.5, 0.6) is 0 Å². The van der Waals surface area contributed by atoms with Crippen molar-refractivity contribution in [3.63, 3.8) is 0 Å². The van der Waals surface area contributed by atoms with Crippen LogP contribution in [0.25, 0.3) is 0 Å². The Bertz CT molecular complexity index is 903. The van der Waals surface area contributed by atoms with Gasteiger partial charge in [0.15, 0.2) is 0 Å². The largest absolute Gasteiger partial charge is 0.442 e. The number of hydrogen-bond donors (Lipinski definition) is 0. The highest BCUT2D eigenvalue weighted by molar-refractivity contribution is 5.33. The minimum Gasteiger partial charge on any atom is -0.381 e. The molecule has 31 heavy (non-hydrogen) atoms. The van der Waals surface area contributed by atoms with E-state index in [1.54, 1.807) is 24.3 Å². The Morgan fingerprint density at radius 1 is 0.581 bits per heavy atom. The lowest BCUT2D eigenvalue weighted by atomic mass is 10.0. The van der Waals surface area contributed by atoms with E-state index in [0.717, 1.165) is 11.1 Å². The van der Waals surface area contributed by atoms with E-state index < -0.39 is 23.7 Å². The van der Waals surface area contributed by atoms with Gasteiger partial charge in [-0.1, -0.05) is 48.5 Å². The fourth-order valence-corrected chi connectivity index (χ4v) is 3.17. The van der Waals surface area contributed by atoms with Gasteiger partial charge in [-0.25, -0.2) is 0 Å². The minimum absolute atomic E-state index is 0.0211. The maximum atomic E-state index is 13.0. The molecular weight excluding hydrogens is 426 g/mol. The zero-order valence-electron chi connectivity index (χ0n) is 15.9. The molecule has 2 aromatic carbocycles. The Balaban J connectivity index is 1.21. The molecule has 4 rings (SSSR count). The van der Waals surface area contributed by atoms with E-state index in [4.69, 9.17) is 4.74 Å². The van der Waals surface area contributed by atoms with Gasteiger partial charge in [0.2, 0.25) is 0 Å². The molecule has 0 aliphatic carbocycles. The summed E-state index contributed by atoms with van der Waals surface area (Å²) in [6, 6.07) is 11.8. The second kappa shape index (κ2) is 7.40. The second-order valence-corrected chi connectivity index (χ2v) is 7.25. The monoisotopic (exact) mass is 442 g/mol. The van der Waals surface area contributed by atoms with E-state index in [0.29, 0.717) is 26.1 Å². The van der Waals surface area contributed by atoms with E-state index in [1.807, 2.05) is 0 Å². The molecule has 0 spiro atoms. The van der Waals surface area contributed by atoms with Crippen molar-refractivity contribution in [3.05, 3.63) is 70.8 Å². The zero-order valence-corrected chi connectivity index (χ0v) is 15.9. The van der Waals surface area contributed by atoms with Crippen molar-refractivity contribution in [2.24, 2.45) is 20.5 Å². The van der Waals surface area contributed by atoms with Gasteiger partial charge < -0.3 is 4.74 Å². The molecule has 0 atom stereocenters. The first-order valence-electron chi connectivity index (χ1n) is 9.36. The highest BCUT2D eigenvalue weighted by Gasteiger charge is 2.65. The van der Waals surface area contributed by atoms with Crippen molar-refractivity contribution in [1.29, 1.82) is 0 Å². The average Bonchev–Trinajstić information content (AvgIpc) is 3.61. The minimum atomic E-state index is -4.55.